The summed E-state index contributed by atoms with van der Waals surface area (Å²) in [5.41, 5.74) is 0.852. The molecule has 22 heavy (non-hydrogen) atoms. The van der Waals surface area contributed by atoms with Gasteiger partial charge in [0.05, 0.1) is 12.1 Å². The number of thiophene rings is 1. The average molecular weight is 319 g/mol. The fourth-order valence-electron chi connectivity index (χ4n) is 2.06. The van der Waals surface area contributed by atoms with Crippen LogP contribution in [0.15, 0.2) is 41.8 Å². The average Bonchev–Trinajstić information content (AvgIpc) is 3.07. The molecule has 0 saturated heterocycles. The van der Waals surface area contributed by atoms with Crippen LogP contribution in [0.3, 0.4) is 0 Å². The Hall–Kier alpha value is -1.85. The third kappa shape index (κ3) is 4.58. The highest BCUT2D eigenvalue weighted by Gasteiger charge is 2.11. The quantitative estimate of drug-likeness (QED) is 0.822. The van der Waals surface area contributed by atoms with E-state index in [1.807, 2.05) is 43.5 Å². The summed E-state index contributed by atoms with van der Waals surface area (Å²) in [6, 6.07) is 11.1. The molecule has 0 aliphatic carbocycles. The smallest absolute Gasteiger partial charge is 0.258 e. The summed E-state index contributed by atoms with van der Waals surface area (Å²) >= 11 is 1.61. The lowest BCUT2D eigenvalue weighted by molar-refractivity contribution is -0.123. The molecule has 0 aliphatic rings. The Kier molecular flexibility index (Phi) is 5.98. The number of carbonyl (C=O) groups is 1. The van der Waals surface area contributed by atoms with Gasteiger partial charge in [0.1, 0.15) is 5.75 Å². The van der Waals surface area contributed by atoms with Crippen molar-refractivity contribution in [2.75, 3.05) is 6.61 Å². The van der Waals surface area contributed by atoms with Gasteiger partial charge in [0.15, 0.2) is 6.61 Å². The Morgan fingerprint density at radius 2 is 2.05 bits per heavy atom. The maximum atomic E-state index is 11.9. The molecule has 2 rings (SSSR count). The van der Waals surface area contributed by atoms with Gasteiger partial charge in [0, 0.05) is 4.88 Å². The summed E-state index contributed by atoms with van der Waals surface area (Å²) in [5, 5.41) is 14.6. The van der Waals surface area contributed by atoms with Crippen molar-refractivity contribution in [3.8, 4) is 5.75 Å². The van der Waals surface area contributed by atoms with Crippen LogP contribution < -0.4 is 10.1 Å². The molecule has 5 heteroatoms. The van der Waals surface area contributed by atoms with Crippen LogP contribution in [0.25, 0.3) is 0 Å². The number of aliphatic hydroxyl groups excluding tert-OH is 1. The number of aliphatic hydroxyl groups is 1. The molecule has 0 aliphatic heterocycles. The Morgan fingerprint density at radius 3 is 2.64 bits per heavy atom. The third-order valence-corrected chi connectivity index (χ3v) is 4.42. The molecule has 0 saturated carbocycles. The van der Waals surface area contributed by atoms with Gasteiger partial charge in [-0.05, 0) is 42.5 Å². The van der Waals surface area contributed by atoms with Gasteiger partial charge < -0.3 is 15.2 Å². The van der Waals surface area contributed by atoms with Crippen LogP contribution in [0.1, 0.15) is 42.9 Å². The van der Waals surface area contributed by atoms with E-state index in [4.69, 9.17) is 4.74 Å². The van der Waals surface area contributed by atoms with Crippen molar-refractivity contribution in [2.45, 2.75) is 32.4 Å². The first-order valence-electron chi connectivity index (χ1n) is 7.33. The fraction of sp³-hybridized carbons (Fsp3) is 0.353. The lowest BCUT2D eigenvalue weighted by atomic mass is 10.1. The summed E-state index contributed by atoms with van der Waals surface area (Å²) in [5.74, 6) is 0.463. The van der Waals surface area contributed by atoms with Gasteiger partial charge in [-0.3, -0.25) is 4.79 Å². The third-order valence-electron chi connectivity index (χ3n) is 3.37. The molecule has 1 amide bonds. The summed E-state index contributed by atoms with van der Waals surface area (Å²) in [7, 11) is 0. The number of hydrogen-bond donors (Lipinski definition) is 2. The van der Waals surface area contributed by atoms with Crippen LogP contribution in [0.2, 0.25) is 0 Å². The first-order chi connectivity index (χ1) is 10.6. The van der Waals surface area contributed by atoms with Crippen molar-refractivity contribution in [1.29, 1.82) is 0 Å². The van der Waals surface area contributed by atoms with Crippen molar-refractivity contribution >= 4 is 17.2 Å². The molecule has 2 aromatic rings. The molecule has 118 valence electrons. The van der Waals surface area contributed by atoms with Crippen molar-refractivity contribution in [3.63, 3.8) is 0 Å². The topological polar surface area (TPSA) is 58.6 Å². The predicted molar refractivity (Wildman–Crippen MR) is 88.1 cm³/mol. The number of carbonyl (C=O) groups excluding carboxylic acids is 1. The number of hydrogen-bond acceptors (Lipinski definition) is 4. The molecule has 1 aromatic heterocycles. The first kappa shape index (κ1) is 16.5. The second-order valence-electron chi connectivity index (χ2n) is 5.09. The molecule has 1 heterocycles. The standard InChI is InChI=1S/C17H21NO3S/c1-3-15(19)13-6-8-14(9-7-13)21-11-17(20)18-12(2)16-5-4-10-22-16/h4-10,12,15,19H,3,11H2,1-2H3,(H,18,20). The predicted octanol–water partition coefficient (Wildman–Crippen LogP) is 3.45. The van der Waals surface area contributed by atoms with E-state index in [0.717, 1.165) is 10.4 Å². The van der Waals surface area contributed by atoms with Gasteiger partial charge in [-0.1, -0.05) is 25.1 Å². The molecule has 2 unspecified atom stereocenters. The van der Waals surface area contributed by atoms with E-state index in [9.17, 15) is 9.90 Å². The summed E-state index contributed by atoms with van der Waals surface area (Å²) in [4.78, 5) is 13.0. The van der Waals surface area contributed by atoms with Gasteiger partial charge in [-0.15, -0.1) is 11.3 Å². The minimum atomic E-state index is -0.455. The van der Waals surface area contributed by atoms with E-state index in [0.29, 0.717) is 12.2 Å². The maximum Gasteiger partial charge on any atom is 0.258 e. The van der Waals surface area contributed by atoms with Crippen LogP contribution in [-0.4, -0.2) is 17.6 Å². The Balaban J connectivity index is 1.81. The molecule has 0 fully saturated rings. The highest BCUT2D eigenvalue weighted by atomic mass is 32.1. The van der Waals surface area contributed by atoms with Crippen LogP contribution in [0.4, 0.5) is 0 Å². The SMILES string of the molecule is CCC(O)c1ccc(OCC(=O)NC(C)c2cccs2)cc1. The molecule has 2 N–H and O–H groups in total. The monoisotopic (exact) mass is 319 g/mol. The van der Waals surface area contributed by atoms with Gasteiger partial charge in [0.2, 0.25) is 0 Å². The zero-order chi connectivity index (χ0) is 15.9. The first-order valence-corrected chi connectivity index (χ1v) is 8.21. The normalized spacial score (nSPS) is 13.4. The number of ether oxygens (including phenoxy) is 1. The lowest BCUT2D eigenvalue weighted by Gasteiger charge is -2.13. The number of nitrogens with one attached hydrogen (secondary N) is 1. The lowest BCUT2D eigenvalue weighted by Crippen LogP contribution is -2.30. The highest BCUT2D eigenvalue weighted by molar-refractivity contribution is 7.10. The van der Waals surface area contributed by atoms with Gasteiger partial charge in [-0.25, -0.2) is 0 Å². The molecular formula is C17H21NO3S. The molecule has 0 radical (unpaired) electrons. The van der Waals surface area contributed by atoms with Gasteiger partial charge >= 0.3 is 0 Å². The Labute approximate surface area is 134 Å². The molecular weight excluding hydrogens is 298 g/mol. The van der Waals surface area contributed by atoms with Crippen LogP contribution in [0, 0.1) is 0 Å². The largest absolute Gasteiger partial charge is 0.484 e. The van der Waals surface area contributed by atoms with Crippen molar-refractivity contribution in [2.24, 2.45) is 0 Å². The van der Waals surface area contributed by atoms with E-state index in [-0.39, 0.29) is 18.6 Å². The van der Waals surface area contributed by atoms with E-state index >= 15 is 0 Å². The van der Waals surface area contributed by atoms with Gasteiger partial charge in [0.25, 0.3) is 5.91 Å². The molecule has 0 spiro atoms. The Morgan fingerprint density at radius 1 is 1.32 bits per heavy atom. The van der Waals surface area contributed by atoms with E-state index in [1.165, 1.54) is 0 Å². The minimum absolute atomic E-state index is 0.0156. The summed E-state index contributed by atoms with van der Waals surface area (Å²) in [6.45, 7) is 3.85. The van der Waals surface area contributed by atoms with E-state index in [1.54, 1.807) is 23.5 Å². The van der Waals surface area contributed by atoms with Crippen molar-refractivity contribution in [1.82, 2.24) is 5.32 Å². The van der Waals surface area contributed by atoms with Crippen LogP contribution >= 0.6 is 11.3 Å². The number of benzene rings is 1. The van der Waals surface area contributed by atoms with E-state index < -0.39 is 6.10 Å². The summed E-state index contributed by atoms with van der Waals surface area (Å²) < 4.78 is 5.46. The second-order valence-corrected chi connectivity index (χ2v) is 6.07. The molecule has 1 aromatic carbocycles. The zero-order valence-electron chi connectivity index (χ0n) is 12.8. The number of amides is 1. The fourth-order valence-corrected chi connectivity index (χ4v) is 2.80. The molecule has 2 atom stereocenters. The second kappa shape index (κ2) is 7.96. The summed E-state index contributed by atoms with van der Waals surface area (Å²) in [6.07, 6.45) is 0.215. The number of rotatable bonds is 7. The highest BCUT2D eigenvalue weighted by Crippen LogP contribution is 2.20. The van der Waals surface area contributed by atoms with Crippen molar-refractivity contribution in [3.05, 3.63) is 52.2 Å². The Bertz CT molecular complexity index is 580. The minimum Gasteiger partial charge on any atom is -0.484 e. The van der Waals surface area contributed by atoms with Crippen LogP contribution in [0.5, 0.6) is 5.75 Å². The van der Waals surface area contributed by atoms with Crippen LogP contribution in [-0.2, 0) is 4.79 Å². The van der Waals surface area contributed by atoms with Crippen molar-refractivity contribution < 1.29 is 14.6 Å². The molecule has 0 bridgehead atoms. The van der Waals surface area contributed by atoms with Gasteiger partial charge in [-0.2, -0.15) is 0 Å². The van der Waals surface area contributed by atoms with E-state index in [2.05, 4.69) is 5.32 Å². The maximum absolute atomic E-state index is 11.9. The zero-order valence-corrected chi connectivity index (χ0v) is 13.6. The molecule has 4 nitrogen and oxygen atoms in total.